The molecular formula is C21H30O10. The fourth-order valence-corrected chi connectivity index (χ4v) is 3.14. The number of hydrogen-bond acceptors (Lipinski definition) is 9. The summed E-state index contributed by atoms with van der Waals surface area (Å²) in [5.41, 5.74) is 0.606. The van der Waals surface area contributed by atoms with E-state index in [4.69, 9.17) is 19.3 Å². The van der Waals surface area contributed by atoms with E-state index in [1.807, 2.05) is 19.1 Å². The van der Waals surface area contributed by atoms with Crippen molar-refractivity contribution in [2.24, 2.45) is 5.41 Å². The smallest absolute Gasteiger partial charge is 0.335 e. The number of ether oxygens (including phenoxy) is 3. The number of esters is 1. The molecule has 0 aromatic heterocycles. The van der Waals surface area contributed by atoms with Crippen LogP contribution in [-0.2, 0) is 25.7 Å². The van der Waals surface area contributed by atoms with E-state index < -0.39 is 48.1 Å². The van der Waals surface area contributed by atoms with Crippen LogP contribution < -0.4 is 4.74 Å². The molecule has 1 aliphatic rings. The number of hydrogen-bond donors (Lipinski definition) is 5. The molecule has 10 heteroatoms. The maximum absolute atomic E-state index is 12.6. The van der Waals surface area contributed by atoms with E-state index in [-0.39, 0.29) is 13.2 Å². The Balaban J connectivity index is 1.91. The van der Waals surface area contributed by atoms with Crippen molar-refractivity contribution in [3.05, 3.63) is 29.3 Å². The van der Waals surface area contributed by atoms with Gasteiger partial charge in [0.15, 0.2) is 6.10 Å². The maximum Gasteiger partial charge on any atom is 0.335 e. The Bertz CT molecular complexity index is 777. The van der Waals surface area contributed by atoms with Crippen LogP contribution in [0, 0.1) is 12.3 Å². The third-order valence-corrected chi connectivity index (χ3v) is 5.19. The van der Waals surface area contributed by atoms with Gasteiger partial charge in [0, 0.05) is 5.56 Å². The van der Waals surface area contributed by atoms with Crippen molar-refractivity contribution in [2.45, 2.75) is 70.9 Å². The number of aliphatic hydroxyl groups excluding tert-OH is 4. The molecule has 1 aromatic rings. The average molecular weight is 442 g/mol. The van der Waals surface area contributed by atoms with E-state index in [9.17, 15) is 30.0 Å². The molecular weight excluding hydrogens is 412 g/mol. The van der Waals surface area contributed by atoms with Crippen LogP contribution in [0.4, 0.5) is 0 Å². The van der Waals surface area contributed by atoms with Crippen molar-refractivity contribution in [2.75, 3.05) is 6.61 Å². The van der Waals surface area contributed by atoms with Crippen molar-refractivity contribution in [1.29, 1.82) is 0 Å². The summed E-state index contributed by atoms with van der Waals surface area (Å²) < 4.78 is 15.8. The topological polar surface area (TPSA) is 163 Å². The molecule has 2 rings (SSSR count). The first kappa shape index (κ1) is 25.0. The molecule has 10 nitrogen and oxygen atoms in total. The zero-order valence-corrected chi connectivity index (χ0v) is 17.7. The van der Waals surface area contributed by atoms with E-state index in [2.05, 4.69) is 0 Å². The molecule has 0 aliphatic carbocycles. The minimum atomic E-state index is -1.86. The third-order valence-electron chi connectivity index (χ3n) is 5.19. The first-order valence-corrected chi connectivity index (χ1v) is 9.94. The molecule has 0 saturated carbocycles. The Kier molecular flexibility index (Phi) is 8.38. The van der Waals surface area contributed by atoms with Crippen LogP contribution in [0.15, 0.2) is 18.2 Å². The minimum Gasteiger partial charge on any atom is -0.493 e. The monoisotopic (exact) mass is 442 g/mol. The lowest BCUT2D eigenvalue weighted by Gasteiger charge is -2.39. The highest BCUT2D eigenvalue weighted by Crippen LogP contribution is 2.29. The molecule has 0 unspecified atom stereocenters. The SMILES string of the molecule is Cc1ccc(CO)c(OCCCC(C)(C)C(=O)O[C@@H]2O[C@H](C(=O)O)[C@@H](O)[C@@H](O)[C@H]2O)c1. The highest BCUT2D eigenvalue weighted by Gasteiger charge is 2.49. The number of carbonyl (C=O) groups is 2. The molecule has 174 valence electrons. The zero-order valence-electron chi connectivity index (χ0n) is 17.7. The van der Waals surface area contributed by atoms with Crippen LogP contribution in [0.5, 0.6) is 5.75 Å². The van der Waals surface area contributed by atoms with Gasteiger partial charge < -0.3 is 39.7 Å². The molecule has 5 atom stereocenters. The van der Waals surface area contributed by atoms with Gasteiger partial charge in [-0.2, -0.15) is 0 Å². The predicted octanol–water partition coefficient (Wildman–Crippen LogP) is 0.108. The van der Waals surface area contributed by atoms with Gasteiger partial charge >= 0.3 is 11.9 Å². The molecule has 31 heavy (non-hydrogen) atoms. The number of carbonyl (C=O) groups excluding carboxylic acids is 1. The van der Waals surface area contributed by atoms with Crippen molar-refractivity contribution < 1.29 is 49.3 Å². The summed E-state index contributed by atoms with van der Waals surface area (Å²) in [5.74, 6) is -1.76. The quantitative estimate of drug-likeness (QED) is 0.262. The largest absolute Gasteiger partial charge is 0.493 e. The second kappa shape index (κ2) is 10.4. The summed E-state index contributed by atoms with van der Waals surface area (Å²) in [6.07, 6.45) is -8.29. The van der Waals surface area contributed by atoms with Crippen LogP contribution >= 0.6 is 0 Å². The van der Waals surface area contributed by atoms with Crippen LogP contribution in [0.2, 0.25) is 0 Å². The van der Waals surface area contributed by atoms with Crippen LogP contribution in [0.25, 0.3) is 0 Å². The number of rotatable bonds is 9. The number of carboxylic acid groups (broad SMARTS) is 1. The predicted molar refractivity (Wildman–Crippen MR) is 106 cm³/mol. The maximum atomic E-state index is 12.6. The number of aryl methyl sites for hydroxylation is 1. The molecule has 0 amide bonds. The highest BCUT2D eigenvalue weighted by molar-refractivity contribution is 5.76. The summed E-state index contributed by atoms with van der Waals surface area (Å²) in [6, 6.07) is 5.45. The standard InChI is InChI=1S/C21H30O10/c1-11-5-6-12(10-22)13(9-11)29-8-4-7-21(2,3)20(28)31-19-16(25)14(23)15(24)17(30-19)18(26)27/h5-6,9,14-17,19,22-25H,4,7-8,10H2,1-3H3,(H,26,27)/t14-,15+,16-,17+,19+/m1/s1. The van der Waals surface area contributed by atoms with E-state index in [0.29, 0.717) is 24.2 Å². The summed E-state index contributed by atoms with van der Waals surface area (Å²) >= 11 is 0. The van der Waals surface area contributed by atoms with Gasteiger partial charge in [0.1, 0.15) is 24.1 Å². The van der Waals surface area contributed by atoms with Crippen LogP contribution in [0.1, 0.15) is 37.8 Å². The van der Waals surface area contributed by atoms with E-state index in [1.165, 1.54) is 0 Å². The summed E-state index contributed by atoms with van der Waals surface area (Å²) in [7, 11) is 0. The van der Waals surface area contributed by atoms with Crippen molar-refractivity contribution in [3.63, 3.8) is 0 Å². The van der Waals surface area contributed by atoms with Crippen molar-refractivity contribution >= 4 is 11.9 Å². The average Bonchev–Trinajstić information content (AvgIpc) is 2.71. The molecule has 0 radical (unpaired) electrons. The molecule has 1 aliphatic heterocycles. The van der Waals surface area contributed by atoms with E-state index in [1.54, 1.807) is 19.9 Å². The van der Waals surface area contributed by atoms with Gasteiger partial charge in [-0.05, 0) is 45.2 Å². The normalized spacial score (nSPS) is 26.4. The fraction of sp³-hybridized carbons (Fsp3) is 0.619. The minimum absolute atomic E-state index is 0.158. The van der Waals surface area contributed by atoms with Crippen molar-refractivity contribution in [3.8, 4) is 5.75 Å². The summed E-state index contributed by atoms with van der Waals surface area (Å²) in [6.45, 7) is 5.24. The molecule has 0 bridgehead atoms. The Morgan fingerprint density at radius 1 is 1.13 bits per heavy atom. The lowest BCUT2D eigenvalue weighted by Crippen LogP contribution is -2.61. The van der Waals surface area contributed by atoms with Crippen LogP contribution in [-0.4, -0.2) is 74.8 Å². The molecule has 0 spiro atoms. The molecule has 5 N–H and O–H groups in total. The first-order chi connectivity index (χ1) is 14.5. The summed E-state index contributed by atoms with van der Waals surface area (Å²) in [4.78, 5) is 23.7. The van der Waals surface area contributed by atoms with Crippen LogP contribution in [0.3, 0.4) is 0 Å². The molecule has 1 aromatic carbocycles. The van der Waals surface area contributed by atoms with Gasteiger partial charge in [0.05, 0.1) is 18.6 Å². The fourth-order valence-electron chi connectivity index (χ4n) is 3.14. The lowest BCUT2D eigenvalue weighted by molar-refractivity contribution is -0.288. The van der Waals surface area contributed by atoms with Gasteiger partial charge in [-0.1, -0.05) is 12.1 Å². The number of aliphatic hydroxyl groups is 4. The summed E-state index contributed by atoms with van der Waals surface area (Å²) in [5, 5.41) is 48.0. The molecule has 1 saturated heterocycles. The van der Waals surface area contributed by atoms with E-state index >= 15 is 0 Å². The lowest BCUT2D eigenvalue weighted by atomic mass is 9.88. The van der Waals surface area contributed by atoms with Crippen molar-refractivity contribution in [1.82, 2.24) is 0 Å². The Morgan fingerprint density at radius 2 is 1.81 bits per heavy atom. The molecule has 1 fully saturated rings. The second-order valence-corrected chi connectivity index (χ2v) is 8.25. The molecule has 1 heterocycles. The number of carboxylic acids is 1. The van der Waals surface area contributed by atoms with E-state index in [0.717, 1.165) is 5.56 Å². The Morgan fingerprint density at radius 3 is 2.42 bits per heavy atom. The Hall–Kier alpha value is -2.24. The van der Waals surface area contributed by atoms with Gasteiger partial charge in [-0.15, -0.1) is 0 Å². The van der Waals surface area contributed by atoms with Gasteiger partial charge in [0.2, 0.25) is 6.29 Å². The first-order valence-electron chi connectivity index (χ1n) is 9.94. The van der Waals surface area contributed by atoms with Gasteiger partial charge in [-0.3, -0.25) is 4.79 Å². The Labute approximate surface area is 180 Å². The zero-order chi connectivity index (χ0) is 23.3. The highest BCUT2D eigenvalue weighted by atomic mass is 16.7. The van der Waals surface area contributed by atoms with Gasteiger partial charge in [-0.25, -0.2) is 4.79 Å². The third kappa shape index (κ3) is 6.14. The number of aliphatic carboxylic acids is 1. The van der Waals surface area contributed by atoms with Gasteiger partial charge in [0.25, 0.3) is 0 Å². The number of benzene rings is 1. The second-order valence-electron chi connectivity index (χ2n) is 8.25.